The van der Waals surface area contributed by atoms with Gasteiger partial charge < -0.3 is 5.11 Å². The van der Waals surface area contributed by atoms with Gasteiger partial charge in [0.2, 0.25) is 0 Å². The van der Waals surface area contributed by atoms with E-state index in [1.807, 2.05) is 37.0 Å². The van der Waals surface area contributed by atoms with Crippen molar-refractivity contribution in [1.82, 2.24) is 29.8 Å². The number of phenols is 1. The second kappa shape index (κ2) is 10.5. The maximum atomic E-state index is 9.92. The van der Waals surface area contributed by atoms with E-state index in [1.54, 1.807) is 22.4 Å². The van der Waals surface area contributed by atoms with E-state index in [1.165, 1.54) is 44.9 Å². The van der Waals surface area contributed by atoms with Gasteiger partial charge in [0.15, 0.2) is 5.65 Å². The molecule has 3 aromatic heterocycles. The Hall–Kier alpha value is -4.26. The zero-order valence-electron chi connectivity index (χ0n) is 24.5. The minimum Gasteiger partial charge on any atom is -0.508 e. The molecule has 214 valence electrons. The lowest BCUT2D eigenvalue weighted by molar-refractivity contribution is 0.0334. The molecule has 42 heavy (non-hydrogen) atoms. The maximum absolute atomic E-state index is 9.92. The number of hydrogen-bond donors (Lipinski definition) is 1. The minimum absolute atomic E-state index is 0.267. The summed E-state index contributed by atoms with van der Waals surface area (Å²) in [5.41, 5.74) is 8.92. The quantitative estimate of drug-likeness (QED) is 0.219. The van der Waals surface area contributed by atoms with Gasteiger partial charge in [-0.15, -0.1) is 5.10 Å². The first-order valence-corrected chi connectivity index (χ1v) is 15.2. The molecule has 1 N–H and O–H groups in total. The van der Waals surface area contributed by atoms with Crippen molar-refractivity contribution < 1.29 is 5.11 Å². The summed E-state index contributed by atoms with van der Waals surface area (Å²) in [6, 6.07) is 22.8. The van der Waals surface area contributed by atoms with Crippen LogP contribution in [0.3, 0.4) is 0 Å². The first-order chi connectivity index (χ1) is 20.4. The average molecular weight is 559 g/mol. The van der Waals surface area contributed by atoms with Crippen LogP contribution in [0.2, 0.25) is 0 Å². The number of fused-ring (bicyclic) bond motifs is 4. The Kier molecular flexibility index (Phi) is 6.68. The molecule has 0 spiro atoms. The van der Waals surface area contributed by atoms with Crippen molar-refractivity contribution in [2.75, 3.05) is 0 Å². The van der Waals surface area contributed by atoms with Gasteiger partial charge in [0, 0.05) is 30.1 Å². The molecule has 3 aliphatic rings. The lowest BCUT2D eigenvalue weighted by atomic mass is 9.51. The molecule has 3 saturated carbocycles. The molecule has 5 aromatic rings. The molecule has 0 radical (unpaired) electrons. The zero-order chi connectivity index (χ0) is 28.7. The largest absolute Gasteiger partial charge is 0.508 e. The van der Waals surface area contributed by atoms with E-state index in [-0.39, 0.29) is 5.75 Å². The number of aromatic hydroxyl groups is 1. The molecule has 0 amide bonds. The Morgan fingerprint density at radius 3 is 2.50 bits per heavy atom. The van der Waals surface area contributed by atoms with Crippen molar-refractivity contribution in [3.63, 3.8) is 0 Å². The third-order valence-electron chi connectivity index (χ3n) is 9.96. The number of allylic oxidation sites excluding steroid dienone is 1. The maximum Gasteiger partial charge on any atom is 0.179 e. The van der Waals surface area contributed by atoms with Crippen LogP contribution in [-0.2, 0) is 19.0 Å². The van der Waals surface area contributed by atoms with E-state index in [0.29, 0.717) is 17.4 Å². The summed E-state index contributed by atoms with van der Waals surface area (Å²) < 4.78 is 3.68. The number of aromatic nitrogens is 6. The van der Waals surface area contributed by atoms with E-state index < -0.39 is 0 Å². The van der Waals surface area contributed by atoms with E-state index in [0.717, 1.165) is 45.7 Å². The molecular weight excluding hydrogens is 520 g/mol. The Morgan fingerprint density at radius 1 is 0.952 bits per heavy atom. The molecule has 3 heterocycles. The number of benzene rings is 2. The molecule has 7 heteroatoms. The van der Waals surface area contributed by atoms with Crippen LogP contribution in [0.25, 0.3) is 16.7 Å². The molecule has 7 nitrogen and oxygen atoms in total. The van der Waals surface area contributed by atoms with Gasteiger partial charge in [0.25, 0.3) is 0 Å². The standard InChI is InChI=1S/C35H38N6O/c1-25-22-30(32-33(36-25)40(2)39-37-32)29(31-13-21-41(38-31)24-26-8-6-11-28(42)23-26)12-7-14-34-15-18-35(19-16-34,20-17-34)27-9-4-3-5-10-27/h3-6,8-13,21-23,42H,7,14-20,24H2,1-2H3/b29-12-. The van der Waals surface area contributed by atoms with E-state index >= 15 is 0 Å². The van der Waals surface area contributed by atoms with Gasteiger partial charge in [-0.2, -0.15) is 5.10 Å². The van der Waals surface area contributed by atoms with Crippen molar-refractivity contribution in [3.05, 3.63) is 107 Å². The molecule has 2 aromatic carbocycles. The van der Waals surface area contributed by atoms with E-state index in [2.05, 4.69) is 58.9 Å². The van der Waals surface area contributed by atoms with Crippen LogP contribution < -0.4 is 0 Å². The van der Waals surface area contributed by atoms with Gasteiger partial charge in [0.1, 0.15) is 11.3 Å². The normalized spacial score (nSPS) is 22.2. The molecule has 8 rings (SSSR count). The van der Waals surface area contributed by atoms with Crippen LogP contribution in [-0.4, -0.2) is 34.9 Å². The summed E-state index contributed by atoms with van der Waals surface area (Å²) in [6.07, 6.45) is 14.4. The van der Waals surface area contributed by atoms with E-state index in [4.69, 9.17) is 10.1 Å². The fourth-order valence-electron chi connectivity index (χ4n) is 7.51. The second-order valence-electron chi connectivity index (χ2n) is 12.6. The summed E-state index contributed by atoms with van der Waals surface area (Å²) in [5, 5.41) is 23.7. The lowest BCUT2D eigenvalue weighted by Crippen LogP contribution is -2.44. The van der Waals surface area contributed by atoms with Crippen molar-refractivity contribution >= 4 is 16.7 Å². The number of rotatable bonds is 8. The molecule has 3 aliphatic carbocycles. The van der Waals surface area contributed by atoms with Crippen LogP contribution >= 0.6 is 0 Å². The van der Waals surface area contributed by atoms with Crippen LogP contribution in [0, 0.1) is 12.3 Å². The molecule has 0 atom stereocenters. The molecule has 0 unspecified atom stereocenters. The molecule has 0 aliphatic heterocycles. The number of phenolic OH excluding ortho intramolecular Hbond substituents is 1. The SMILES string of the molecule is Cc1cc(/C(=C/CCC23CCC(c4ccccc4)(CC2)CC3)c2ccn(Cc3cccc(O)c3)n2)c2nnn(C)c2n1. The van der Waals surface area contributed by atoms with Crippen LogP contribution in [0.4, 0.5) is 0 Å². The van der Waals surface area contributed by atoms with Crippen molar-refractivity contribution in [2.45, 2.75) is 70.3 Å². The molecule has 2 bridgehead atoms. The fraction of sp³-hybridized carbons (Fsp3) is 0.371. The first kappa shape index (κ1) is 26.6. The van der Waals surface area contributed by atoms with Gasteiger partial charge in [-0.1, -0.05) is 53.8 Å². The van der Waals surface area contributed by atoms with Gasteiger partial charge >= 0.3 is 0 Å². The fourth-order valence-corrected chi connectivity index (χ4v) is 7.51. The predicted octanol–water partition coefficient (Wildman–Crippen LogP) is 7.13. The second-order valence-corrected chi connectivity index (χ2v) is 12.6. The highest BCUT2D eigenvalue weighted by Crippen LogP contribution is 2.59. The first-order valence-electron chi connectivity index (χ1n) is 15.2. The van der Waals surface area contributed by atoms with Crippen LogP contribution in [0.15, 0.2) is 79.0 Å². The zero-order valence-corrected chi connectivity index (χ0v) is 24.5. The third-order valence-corrected chi connectivity index (χ3v) is 9.96. The minimum atomic E-state index is 0.267. The number of pyridine rings is 1. The Balaban J connectivity index is 1.17. The highest BCUT2D eigenvalue weighted by atomic mass is 16.3. The predicted molar refractivity (Wildman–Crippen MR) is 165 cm³/mol. The number of aryl methyl sites for hydroxylation is 2. The average Bonchev–Trinajstić information content (AvgIpc) is 3.63. The number of hydrogen-bond acceptors (Lipinski definition) is 5. The van der Waals surface area contributed by atoms with Crippen LogP contribution in [0.5, 0.6) is 5.75 Å². The Morgan fingerprint density at radius 2 is 1.74 bits per heavy atom. The molecule has 3 fully saturated rings. The van der Waals surface area contributed by atoms with Gasteiger partial charge in [-0.25, -0.2) is 9.67 Å². The summed E-state index contributed by atoms with van der Waals surface area (Å²) in [7, 11) is 1.89. The lowest BCUT2D eigenvalue weighted by Gasteiger charge is -2.54. The summed E-state index contributed by atoms with van der Waals surface area (Å²) in [4.78, 5) is 4.72. The van der Waals surface area contributed by atoms with Crippen molar-refractivity contribution in [2.24, 2.45) is 12.5 Å². The topological polar surface area (TPSA) is 81.6 Å². The highest BCUT2D eigenvalue weighted by Gasteiger charge is 2.48. The Bertz CT molecular complexity index is 1740. The summed E-state index contributed by atoms with van der Waals surface area (Å²) >= 11 is 0. The molecular formula is C35H38N6O. The van der Waals surface area contributed by atoms with Gasteiger partial charge in [-0.05, 0) is 105 Å². The Labute approximate surface area is 246 Å². The third kappa shape index (κ3) is 4.91. The monoisotopic (exact) mass is 558 g/mol. The number of nitrogens with zero attached hydrogens (tertiary/aromatic N) is 6. The molecule has 0 saturated heterocycles. The summed E-state index contributed by atoms with van der Waals surface area (Å²) in [5.74, 6) is 0.267. The van der Waals surface area contributed by atoms with Crippen molar-refractivity contribution in [3.8, 4) is 5.75 Å². The van der Waals surface area contributed by atoms with Gasteiger partial charge in [0.05, 0.1) is 12.2 Å². The van der Waals surface area contributed by atoms with Crippen molar-refractivity contribution in [1.29, 1.82) is 0 Å². The highest BCUT2D eigenvalue weighted by molar-refractivity contribution is 5.91. The van der Waals surface area contributed by atoms with Crippen LogP contribution in [0.1, 0.15) is 79.4 Å². The smallest absolute Gasteiger partial charge is 0.179 e. The van der Waals surface area contributed by atoms with E-state index in [9.17, 15) is 5.11 Å². The van der Waals surface area contributed by atoms with Gasteiger partial charge in [-0.3, -0.25) is 4.68 Å². The summed E-state index contributed by atoms with van der Waals surface area (Å²) in [6.45, 7) is 2.61.